The van der Waals surface area contributed by atoms with Gasteiger partial charge < -0.3 is 0 Å². The molecule has 0 aliphatic heterocycles. The summed E-state index contributed by atoms with van der Waals surface area (Å²) in [5.74, 6) is 8.31. The van der Waals surface area contributed by atoms with E-state index in [4.69, 9.17) is 0 Å². The van der Waals surface area contributed by atoms with Gasteiger partial charge >= 0.3 is 0 Å². The molecule has 10 unspecified atom stereocenters. The Balaban J connectivity index is 1.57. The molecular weight excluding hydrogens is 396 g/mol. The first-order chi connectivity index (χ1) is 15.3. The number of rotatable bonds is 8. The Bertz CT molecular complexity index is 637. The van der Waals surface area contributed by atoms with Crippen molar-refractivity contribution in [3.63, 3.8) is 0 Å². The van der Waals surface area contributed by atoms with E-state index in [-0.39, 0.29) is 0 Å². The molecule has 0 saturated heterocycles. The molecule has 3 fully saturated rings. The fourth-order valence-electron chi connectivity index (χ4n) is 9.37. The lowest BCUT2D eigenvalue weighted by molar-refractivity contribution is -0.109. The topological polar surface area (TPSA) is 0 Å². The molecule has 0 nitrogen and oxygen atoms in total. The lowest BCUT2D eigenvalue weighted by Crippen LogP contribution is -2.53. The van der Waals surface area contributed by atoms with Crippen LogP contribution < -0.4 is 0 Å². The van der Waals surface area contributed by atoms with Gasteiger partial charge in [0.2, 0.25) is 0 Å². The van der Waals surface area contributed by atoms with Crippen molar-refractivity contribution < 1.29 is 0 Å². The van der Waals surface area contributed by atoms with E-state index in [2.05, 4.69) is 68.9 Å². The third kappa shape index (κ3) is 6.50. The minimum absolute atomic E-state index is 0.473. The minimum atomic E-state index is 0.473. The van der Waals surface area contributed by atoms with Gasteiger partial charge in [0.1, 0.15) is 0 Å². The van der Waals surface area contributed by atoms with Crippen LogP contribution in [0.1, 0.15) is 133 Å². The third-order valence-corrected chi connectivity index (χ3v) is 11.2. The highest BCUT2D eigenvalue weighted by Crippen LogP contribution is 2.63. The summed E-state index contributed by atoms with van der Waals surface area (Å²) in [5, 5.41) is 0. The first-order valence-electron chi connectivity index (χ1n) is 15.0. The minimum Gasteiger partial charge on any atom is -0.0999 e. The molecule has 0 amide bonds. The summed E-state index contributed by atoms with van der Waals surface area (Å²) in [5.41, 5.74) is 2.61. The Morgan fingerprint density at radius 1 is 0.970 bits per heavy atom. The average Bonchev–Trinajstić information content (AvgIpc) is 2.70. The smallest absolute Gasteiger partial charge is 0.0258 e. The van der Waals surface area contributed by atoms with Crippen LogP contribution in [-0.2, 0) is 0 Å². The van der Waals surface area contributed by atoms with Crippen LogP contribution in [0.3, 0.4) is 0 Å². The zero-order valence-corrected chi connectivity index (χ0v) is 24.2. The highest BCUT2D eigenvalue weighted by Gasteiger charge is 2.55. The molecule has 0 aromatic heterocycles. The Morgan fingerprint density at radius 2 is 1.64 bits per heavy atom. The lowest BCUT2D eigenvalue weighted by atomic mass is 9.44. The average molecular weight is 457 g/mol. The van der Waals surface area contributed by atoms with E-state index in [0.29, 0.717) is 10.8 Å². The fourth-order valence-corrected chi connectivity index (χ4v) is 9.37. The summed E-state index contributed by atoms with van der Waals surface area (Å²) >= 11 is 0. The van der Waals surface area contributed by atoms with Crippen molar-refractivity contribution in [3.05, 3.63) is 12.2 Å². The molecule has 3 aliphatic rings. The Morgan fingerprint density at radius 3 is 2.30 bits per heavy atom. The summed E-state index contributed by atoms with van der Waals surface area (Å²) in [7, 11) is 0. The highest BCUT2D eigenvalue weighted by molar-refractivity contribution is 5.11. The second-order valence-electron chi connectivity index (χ2n) is 15.3. The van der Waals surface area contributed by atoms with Crippen molar-refractivity contribution >= 4 is 0 Å². The van der Waals surface area contributed by atoms with Gasteiger partial charge in [0.05, 0.1) is 0 Å². The van der Waals surface area contributed by atoms with Crippen LogP contribution in [0.5, 0.6) is 0 Å². The van der Waals surface area contributed by atoms with Crippen LogP contribution in [0.25, 0.3) is 0 Å². The van der Waals surface area contributed by atoms with Crippen molar-refractivity contribution in [1.29, 1.82) is 0 Å². The maximum Gasteiger partial charge on any atom is -0.0258 e. The molecule has 3 aliphatic carbocycles. The summed E-state index contributed by atoms with van der Waals surface area (Å²) in [6.45, 7) is 27.1. The van der Waals surface area contributed by atoms with Crippen LogP contribution in [0.4, 0.5) is 0 Å². The largest absolute Gasteiger partial charge is 0.0999 e. The van der Waals surface area contributed by atoms with Gasteiger partial charge in [0.25, 0.3) is 0 Å². The van der Waals surface area contributed by atoms with Crippen LogP contribution in [0, 0.1) is 64.1 Å². The number of hydrogen-bond donors (Lipinski definition) is 0. The zero-order valence-electron chi connectivity index (χ0n) is 24.2. The second kappa shape index (κ2) is 10.8. The van der Waals surface area contributed by atoms with Crippen molar-refractivity contribution in [2.24, 2.45) is 64.1 Å². The van der Waals surface area contributed by atoms with Gasteiger partial charge in [-0.05, 0) is 115 Å². The van der Waals surface area contributed by atoms with E-state index in [1.807, 2.05) is 0 Å². The van der Waals surface area contributed by atoms with Gasteiger partial charge in [-0.2, -0.15) is 0 Å². The quantitative estimate of drug-likeness (QED) is 0.318. The second-order valence-corrected chi connectivity index (χ2v) is 15.3. The van der Waals surface area contributed by atoms with Gasteiger partial charge in [0.15, 0.2) is 0 Å². The molecule has 0 N–H and O–H groups in total. The maximum atomic E-state index is 4.39. The molecule has 0 bridgehead atoms. The third-order valence-electron chi connectivity index (χ3n) is 11.2. The Kier molecular flexibility index (Phi) is 8.93. The van der Waals surface area contributed by atoms with Crippen molar-refractivity contribution in [1.82, 2.24) is 0 Å². The molecule has 192 valence electrons. The molecule has 0 spiro atoms. The first-order valence-corrected chi connectivity index (χ1v) is 15.0. The summed E-state index contributed by atoms with van der Waals surface area (Å²) < 4.78 is 0. The van der Waals surface area contributed by atoms with E-state index in [1.54, 1.807) is 5.57 Å². The van der Waals surface area contributed by atoms with Crippen LogP contribution in [0.2, 0.25) is 0 Å². The van der Waals surface area contributed by atoms with Gasteiger partial charge in [-0.1, -0.05) is 93.7 Å². The molecule has 0 radical (unpaired) electrons. The molecule has 0 heterocycles. The van der Waals surface area contributed by atoms with Crippen molar-refractivity contribution in [2.45, 2.75) is 133 Å². The molecule has 0 aromatic rings. The number of allylic oxidation sites excluding steroid dienone is 1. The van der Waals surface area contributed by atoms with Crippen LogP contribution in [0.15, 0.2) is 12.2 Å². The van der Waals surface area contributed by atoms with E-state index in [1.165, 1.54) is 70.6 Å². The van der Waals surface area contributed by atoms with Gasteiger partial charge in [-0.3, -0.25) is 0 Å². The van der Waals surface area contributed by atoms with Crippen LogP contribution in [-0.4, -0.2) is 0 Å². The number of fused-ring (bicyclic) bond motifs is 3. The number of hydrogen-bond acceptors (Lipinski definition) is 0. The summed E-state index contributed by atoms with van der Waals surface area (Å²) in [6.07, 6.45) is 15.6. The highest BCUT2D eigenvalue weighted by atomic mass is 14.6. The SMILES string of the molecule is C=C1CCC2(C)C(CCC3C(CCC(C)C(C)CCC(C)CC(C)(C)C)C(C)CC(C)C32)C1. The molecule has 0 aromatic carbocycles. The standard InChI is InChI=1S/C33H60/c1-22-17-18-33(10)28(19-22)14-16-30-29(26(5)20-27(6)31(30)33)15-13-25(4)24(3)12-11-23(2)21-32(7,8)9/h23-31H,1,11-21H2,2-10H3. The van der Waals surface area contributed by atoms with Crippen molar-refractivity contribution in [3.8, 4) is 0 Å². The van der Waals surface area contributed by atoms with Crippen LogP contribution >= 0.6 is 0 Å². The molecule has 0 heteroatoms. The molecular formula is C33H60. The van der Waals surface area contributed by atoms with E-state index in [9.17, 15) is 0 Å². The molecule has 3 saturated carbocycles. The molecule has 10 atom stereocenters. The van der Waals surface area contributed by atoms with E-state index >= 15 is 0 Å². The predicted molar refractivity (Wildman–Crippen MR) is 147 cm³/mol. The van der Waals surface area contributed by atoms with Gasteiger partial charge in [-0.25, -0.2) is 0 Å². The first kappa shape index (κ1) is 27.3. The zero-order chi connectivity index (χ0) is 24.6. The Labute approximate surface area is 209 Å². The summed E-state index contributed by atoms with van der Waals surface area (Å²) in [4.78, 5) is 0. The fraction of sp³-hybridized carbons (Fsp3) is 0.939. The monoisotopic (exact) mass is 456 g/mol. The molecule has 33 heavy (non-hydrogen) atoms. The van der Waals surface area contributed by atoms with Crippen molar-refractivity contribution in [2.75, 3.05) is 0 Å². The van der Waals surface area contributed by atoms with Gasteiger partial charge in [0, 0.05) is 0 Å². The lowest BCUT2D eigenvalue weighted by Gasteiger charge is -2.61. The predicted octanol–water partition coefficient (Wildman–Crippen LogP) is 10.6. The van der Waals surface area contributed by atoms with E-state index in [0.717, 1.165) is 53.3 Å². The van der Waals surface area contributed by atoms with E-state index < -0.39 is 0 Å². The summed E-state index contributed by atoms with van der Waals surface area (Å²) in [6, 6.07) is 0. The molecule has 3 rings (SSSR count). The van der Waals surface area contributed by atoms with Gasteiger partial charge in [-0.15, -0.1) is 0 Å². The normalized spacial score (nSPS) is 40.0. The maximum absolute atomic E-state index is 4.39. The Hall–Kier alpha value is -0.260.